The summed E-state index contributed by atoms with van der Waals surface area (Å²) in [6.45, 7) is 0. The Hall–Kier alpha value is -2.22. The predicted octanol–water partition coefficient (Wildman–Crippen LogP) is 3.43. The lowest BCUT2D eigenvalue weighted by Gasteiger charge is -2.29. The van der Waals surface area contributed by atoms with Crippen LogP contribution in [0.3, 0.4) is 0 Å². The Morgan fingerprint density at radius 3 is 2.68 bits per heavy atom. The average molecular weight is 416 g/mol. The molecule has 4 heterocycles. The summed E-state index contributed by atoms with van der Waals surface area (Å²) in [5.41, 5.74) is 2.41. The number of amides is 1. The molecule has 2 bridgehead atoms. The Labute approximate surface area is 173 Å². The molecule has 2 atom stereocenters. The molecule has 5 rings (SSSR count). The molecular weight excluding hydrogens is 394 g/mol. The van der Waals surface area contributed by atoms with Crippen molar-refractivity contribution in [2.75, 3.05) is 0 Å². The highest BCUT2D eigenvalue weighted by atomic mass is 35.5. The lowest BCUT2D eigenvalue weighted by molar-refractivity contribution is 0.0919. The molecule has 28 heavy (non-hydrogen) atoms. The minimum atomic E-state index is -0.0701. The van der Waals surface area contributed by atoms with Crippen molar-refractivity contribution in [1.82, 2.24) is 25.4 Å². The number of halogens is 1. The van der Waals surface area contributed by atoms with Gasteiger partial charge in [0.15, 0.2) is 0 Å². The average Bonchev–Trinajstić information content (AvgIpc) is 3.42. The summed E-state index contributed by atoms with van der Waals surface area (Å²) < 4.78 is 1.82. The number of rotatable bonds is 4. The van der Waals surface area contributed by atoms with Crippen LogP contribution in [0, 0.1) is 0 Å². The largest absolute Gasteiger partial charge is 0.348 e. The Bertz CT molecular complexity index is 944. The maximum atomic E-state index is 12.6. The number of carbonyl (C=O) groups is 1. The van der Waals surface area contributed by atoms with Gasteiger partial charge in [-0.1, -0.05) is 18.2 Å². The normalized spacial score (nSPS) is 23.2. The number of nitrogens with one attached hydrogen (secondary N) is 2. The van der Waals surface area contributed by atoms with E-state index in [2.05, 4.69) is 20.7 Å². The molecule has 1 amide bonds. The third-order valence-electron chi connectivity index (χ3n) is 5.40. The number of fused-ring (bicyclic) bond motifs is 2. The minimum Gasteiger partial charge on any atom is -0.348 e. The van der Waals surface area contributed by atoms with Gasteiger partial charge in [-0.25, -0.2) is 9.67 Å². The first kappa shape index (κ1) is 19.1. The van der Waals surface area contributed by atoms with Crippen LogP contribution in [0.15, 0.2) is 48.1 Å². The zero-order chi connectivity index (χ0) is 18.2. The summed E-state index contributed by atoms with van der Waals surface area (Å²) in [4.78, 5) is 17.2. The molecule has 2 N–H and O–H groups in total. The van der Waals surface area contributed by atoms with Crippen LogP contribution in [-0.4, -0.2) is 38.8 Å². The number of benzene rings is 1. The second-order valence-electron chi connectivity index (χ2n) is 7.33. The predicted molar refractivity (Wildman–Crippen MR) is 112 cm³/mol. The van der Waals surface area contributed by atoms with Crippen LogP contribution in [0.5, 0.6) is 0 Å². The summed E-state index contributed by atoms with van der Waals surface area (Å²) in [7, 11) is 0. The van der Waals surface area contributed by atoms with Crippen LogP contribution in [0.25, 0.3) is 16.3 Å². The Morgan fingerprint density at radius 2 is 1.93 bits per heavy atom. The van der Waals surface area contributed by atoms with Gasteiger partial charge in [0.1, 0.15) is 10.7 Å². The van der Waals surface area contributed by atoms with Crippen molar-refractivity contribution in [3.63, 3.8) is 0 Å². The second kappa shape index (κ2) is 8.03. The SMILES string of the molecule is Cl.O=C(NC1CC2CCC(C1)N2)c1csc(-c2cnn(-c3ccccc3)c2)n1. The molecule has 0 saturated carbocycles. The summed E-state index contributed by atoms with van der Waals surface area (Å²) in [6, 6.07) is 11.3. The molecule has 146 valence electrons. The molecule has 2 fully saturated rings. The van der Waals surface area contributed by atoms with Gasteiger partial charge in [-0.2, -0.15) is 5.10 Å². The molecule has 0 radical (unpaired) electrons. The van der Waals surface area contributed by atoms with Crippen LogP contribution in [0.2, 0.25) is 0 Å². The summed E-state index contributed by atoms with van der Waals surface area (Å²) in [6.07, 6.45) is 8.22. The van der Waals surface area contributed by atoms with Crippen LogP contribution in [0.1, 0.15) is 36.2 Å². The van der Waals surface area contributed by atoms with Crippen molar-refractivity contribution < 1.29 is 4.79 Å². The molecule has 3 aromatic rings. The van der Waals surface area contributed by atoms with E-state index >= 15 is 0 Å². The number of piperidine rings is 1. The minimum absolute atomic E-state index is 0. The molecule has 1 aromatic carbocycles. The van der Waals surface area contributed by atoms with Crippen molar-refractivity contribution in [3.05, 3.63) is 53.8 Å². The van der Waals surface area contributed by atoms with Crippen molar-refractivity contribution in [2.45, 2.75) is 43.8 Å². The highest BCUT2D eigenvalue weighted by molar-refractivity contribution is 7.13. The van der Waals surface area contributed by atoms with Crippen molar-refractivity contribution in [3.8, 4) is 16.3 Å². The van der Waals surface area contributed by atoms with E-state index in [4.69, 9.17) is 0 Å². The second-order valence-corrected chi connectivity index (χ2v) is 8.18. The topological polar surface area (TPSA) is 71.8 Å². The van der Waals surface area contributed by atoms with E-state index in [1.807, 2.05) is 46.6 Å². The molecule has 0 spiro atoms. The fraction of sp³-hybridized carbons (Fsp3) is 0.350. The molecule has 0 aliphatic carbocycles. The third kappa shape index (κ3) is 3.83. The Balaban J connectivity index is 0.00000192. The maximum Gasteiger partial charge on any atom is 0.270 e. The number of carbonyl (C=O) groups excluding carboxylic acids is 1. The molecular formula is C20H22ClN5OS. The first-order chi connectivity index (χ1) is 13.2. The van der Waals surface area contributed by atoms with Crippen LogP contribution in [-0.2, 0) is 0 Å². The summed E-state index contributed by atoms with van der Waals surface area (Å²) in [5, 5.41) is 13.8. The number of hydrogen-bond donors (Lipinski definition) is 2. The highest BCUT2D eigenvalue weighted by Gasteiger charge is 2.34. The number of para-hydroxylation sites is 1. The standard InChI is InChI=1S/C20H21N5OS.ClH/c26-19(23-16-8-14-6-7-15(9-16)22-14)18-12-27-20(24-18)13-10-21-25(11-13)17-4-2-1-3-5-17;/h1-5,10-12,14-16,22H,6-9H2,(H,23,26);1H. The first-order valence-corrected chi connectivity index (χ1v) is 10.3. The number of thiazole rings is 1. The van der Waals surface area contributed by atoms with Gasteiger partial charge in [-0.05, 0) is 37.8 Å². The van der Waals surface area contributed by atoms with Gasteiger partial charge in [0.25, 0.3) is 5.91 Å². The Kier molecular flexibility index (Phi) is 5.48. The van der Waals surface area contributed by atoms with Crippen molar-refractivity contribution in [2.24, 2.45) is 0 Å². The van der Waals surface area contributed by atoms with Gasteiger partial charge >= 0.3 is 0 Å². The van der Waals surface area contributed by atoms with E-state index in [0.717, 1.165) is 29.1 Å². The van der Waals surface area contributed by atoms with E-state index in [9.17, 15) is 4.79 Å². The van der Waals surface area contributed by atoms with Crippen LogP contribution in [0.4, 0.5) is 0 Å². The van der Waals surface area contributed by atoms with Gasteiger partial charge in [-0.15, -0.1) is 23.7 Å². The van der Waals surface area contributed by atoms with Crippen LogP contribution >= 0.6 is 23.7 Å². The molecule has 8 heteroatoms. The van der Waals surface area contributed by atoms with Gasteiger partial charge in [0, 0.05) is 35.3 Å². The van der Waals surface area contributed by atoms with E-state index in [-0.39, 0.29) is 24.4 Å². The monoisotopic (exact) mass is 415 g/mol. The van der Waals surface area contributed by atoms with E-state index in [1.165, 1.54) is 24.2 Å². The zero-order valence-electron chi connectivity index (χ0n) is 15.2. The molecule has 2 aliphatic heterocycles. The Morgan fingerprint density at radius 1 is 1.18 bits per heavy atom. The molecule has 2 aromatic heterocycles. The summed E-state index contributed by atoms with van der Waals surface area (Å²) in [5.74, 6) is -0.0701. The smallest absolute Gasteiger partial charge is 0.270 e. The number of hydrogen-bond acceptors (Lipinski definition) is 5. The fourth-order valence-electron chi connectivity index (χ4n) is 4.10. The molecule has 2 saturated heterocycles. The maximum absolute atomic E-state index is 12.6. The lowest BCUT2D eigenvalue weighted by Crippen LogP contribution is -2.48. The van der Waals surface area contributed by atoms with E-state index in [1.54, 1.807) is 6.20 Å². The van der Waals surface area contributed by atoms with E-state index in [0.29, 0.717) is 17.8 Å². The molecule has 2 unspecified atom stereocenters. The number of nitrogens with zero attached hydrogens (tertiary/aromatic N) is 3. The van der Waals surface area contributed by atoms with Gasteiger partial charge in [0.2, 0.25) is 0 Å². The zero-order valence-corrected chi connectivity index (χ0v) is 16.9. The first-order valence-electron chi connectivity index (χ1n) is 9.37. The van der Waals surface area contributed by atoms with Crippen LogP contribution < -0.4 is 10.6 Å². The highest BCUT2D eigenvalue weighted by Crippen LogP contribution is 2.28. The number of aromatic nitrogens is 3. The fourth-order valence-corrected chi connectivity index (χ4v) is 4.88. The van der Waals surface area contributed by atoms with Crippen molar-refractivity contribution >= 4 is 29.7 Å². The van der Waals surface area contributed by atoms with Crippen molar-refractivity contribution in [1.29, 1.82) is 0 Å². The van der Waals surface area contributed by atoms with Gasteiger partial charge in [-0.3, -0.25) is 4.79 Å². The molecule has 6 nitrogen and oxygen atoms in total. The van der Waals surface area contributed by atoms with Gasteiger partial charge in [0.05, 0.1) is 11.9 Å². The third-order valence-corrected chi connectivity index (χ3v) is 6.29. The summed E-state index contributed by atoms with van der Waals surface area (Å²) >= 11 is 1.48. The van der Waals surface area contributed by atoms with E-state index < -0.39 is 0 Å². The lowest BCUT2D eigenvalue weighted by atomic mass is 10.00. The van der Waals surface area contributed by atoms with Gasteiger partial charge < -0.3 is 10.6 Å². The molecule has 2 aliphatic rings. The quantitative estimate of drug-likeness (QED) is 0.684.